The van der Waals surface area contributed by atoms with Crippen molar-refractivity contribution in [2.75, 3.05) is 6.54 Å². The summed E-state index contributed by atoms with van der Waals surface area (Å²) in [6.07, 6.45) is 6.82. The predicted molar refractivity (Wildman–Crippen MR) is 67.8 cm³/mol. The van der Waals surface area contributed by atoms with Crippen molar-refractivity contribution in [1.82, 2.24) is 10.6 Å². The summed E-state index contributed by atoms with van der Waals surface area (Å²) in [6, 6.07) is 1.40. The molecular formula is C12H23ClN2O. The molecule has 2 heterocycles. The van der Waals surface area contributed by atoms with E-state index in [9.17, 15) is 4.79 Å². The quantitative estimate of drug-likeness (QED) is 0.795. The molecule has 2 fully saturated rings. The van der Waals surface area contributed by atoms with Crippen molar-refractivity contribution in [2.45, 2.75) is 57.5 Å². The topological polar surface area (TPSA) is 41.1 Å². The van der Waals surface area contributed by atoms with E-state index in [1.807, 2.05) is 0 Å². The van der Waals surface area contributed by atoms with Crippen LogP contribution < -0.4 is 10.6 Å². The van der Waals surface area contributed by atoms with Crippen LogP contribution in [0.3, 0.4) is 0 Å². The van der Waals surface area contributed by atoms with Crippen molar-refractivity contribution in [3.63, 3.8) is 0 Å². The fourth-order valence-corrected chi connectivity index (χ4v) is 2.94. The molecule has 0 spiro atoms. The first kappa shape index (κ1) is 13.8. The van der Waals surface area contributed by atoms with Crippen LogP contribution in [-0.4, -0.2) is 24.5 Å². The van der Waals surface area contributed by atoms with Gasteiger partial charge < -0.3 is 10.6 Å². The first-order valence-electron chi connectivity index (χ1n) is 6.30. The van der Waals surface area contributed by atoms with Gasteiger partial charge in [-0.15, -0.1) is 12.4 Å². The van der Waals surface area contributed by atoms with Crippen molar-refractivity contribution in [2.24, 2.45) is 5.92 Å². The number of hydrogen-bond donors (Lipinski definition) is 2. The molecule has 2 bridgehead atoms. The molecular weight excluding hydrogens is 224 g/mol. The zero-order chi connectivity index (χ0) is 10.7. The molecule has 94 valence electrons. The standard InChI is InChI=1S/C12H22N2O.ClH/c1-2-5-13-12(15)8-9-6-10-3-4-11(7-9)14-10;/h9-11,14H,2-8H2,1H3,(H,13,15);1H. The number of fused-ring (bicyclic) bond motifs is 2. The van der Waals surface area contributed by atoms with Gasteiger partial charge in [0.15, 0.2) is 0 Å². The summed E-state index contributed by atoms with van der Waals surface area (Å²) in [7, 11) is 0. The van der Waals surface area contributed by atoms with Gasteiger partial charge in [-0.2, -0.15) is 0 Å². The number of carbonyl (C=O) groups is 1. The summed E-state index contributed by atoms with van der Waals surface area (Å²) < 4.78 is 0. The summed E-state index contributed by atoms with van der Waals surface area (Å²) in [5, 5.41) is 6.58. The van der Waals surface area contributed by atoms with Crippen LogP contribution in [0.2, 0.25) is 0 Å². The van der Waals surface area contributed by atoms with E-state index in [2.05, 4.69) is 17.6 Å². The molecule has 16 heavy (non-hydrogen) atoms. The van der Waals surface area contributed by atoms with Gasteiger partial charge in [0.1, 0.15) is 0 Å². The molecule has 2 unspecified atom stereocenters. The van der Waals surface area contributed by atoms with Gasteiger partial charge in [0.25, 0.3) is 0 Å². The van der Waals surface area contributed by atoms with Crippen molar-refractivity contribution in [3.8, 4) is 0 Å². The van der Waals surface area contributed by atoms with E-state index < -0.39 is 0 Å². The Bertz CT molecular complexity index is 223. The number of halogens is 1. The maximum Gasteiger partial charge on any atom is 0.220 e. The molecule has 0 aromatic carbocycles. The van der Waals surface area contributed by atoms with Gasteiger partial charge >= 0.3 is 0 Å². The van der Waals surface area contributed by atoms with Gasteiger partial charge in [0.05, 0.1) is 0 Å². The molecule has 1 amide bonds. The largest absolute Gasteiger partial charge is 0.356 e. The van der Waals surface area contributed by atoms with Crippen LogP contribution in [0.5, 0.6) is 0 Å². The molecule has 0 saturated carbocycles. The Morgan fingerprint density at radius 1 is 1.31 bits per heavy atom. The van der Waals surface area contributed by atoms with Crippen LogP contribution in [0, 0.1) is 5.92 Å². The van der Waals surface area contributed by atoms with Crippen molar-refractivity contribution < 1.29 is 4.79 Å². The smallest absolute Gasteiger partial charge is 0.220 e. The number of nitrogens with one attached hydrogen (secondary N) is 2. The van der Waals surface area contributed by atoms with E-state index in [1.165, 1.54) is 25.7 Å². The van der Waals surface area contributed by atoms with E-state index in [0.717, 1.165) is 19.4 Å². The lowest BCUT2D eigenvalue weighted by atomic mass is 9.89. The minimum atomic E-state index is 0. The van der Waals surface area contributed by atoms with E-state index in [-0.39, 0.29) is 18.3 Å². The normalized spacial score (nSPS) is 31.9. The molecule has 2 N–H and O–H groups in total. The summed E-state index contributed by atoms with van der Waals surface area (Å²) in [5.74, 6) is 0.878. The van der Waals surface area contributed by atoms with Gasteiger partial charge in [0.2, 0.25) is 5.91 Å². The first-order valence-corrected chi connectivity index (χ1v) is 6.30. The molecule has 2 atom stereocenters. The highest BCUT2D eigenvalue weighted by atomic mass is 35.5. The fraction of sp³-hybridized carbons (Fsp3) is 0.917. The number of rotatable bonds is 4. The molecule has 4 heteroatoms. The lowest BCUT2D eigenvalue weighted by Crippen LogP contribution is -2.39. The number of hydrogen-bond acceptors (Lipinski definition) is 2. The lowest BCUT2D eigenvalue weighted by molar-refractivity contribution is -0.122. The first-order chi connectivity index (χ1) is 7.28. The monoisotopic (exact) mass is 246 g/mol. The molecule has 0 aromatic heterocycles. The molecule has 2 aliphatic rings. The molecule has 0 radical (unpaired) electrons. The fourth-order valence-electron chi connectivity index (χ4n) is 2.94. The highest BCUT2D eigenvalue weighted by molar-refractivity contribution is 5.85. The number of piperidine rings is 1. The van der Waals surface area contributed by atoms with Gasteiger partial charge in [-0.05, 0) is 38.0 Å². The lowest BCUT2D eigenvalue weighted by Gasteiger charge is -2.28. The number of amides is 1. The molecule has 0 aliphatic carbocycles. The average Bonchev–Trinajstić information content (AvgIpc) is 2.55. The molecule has 2 saturated heterocycles. The SMILES string of the molecule is CCCNC(=O)CC1CC2CCC(C1)N2.Cl. The average molecular weight is 247 g/mol. The van der Waals surface area contributed by atoms with Crippen LogP contribution in [0.1, 0.15) is 45.4 Å². The maximum absolute atomic E-state index is 11.6. The second kappa shape index (κ2) is 6.45. The van der Waals surface area contributed by atoms with E-state index in [1.54, 1.807) is 0 Å². The van der Waals surface area contributed by atoms with Gasteiger partial charge in [0, 0.05) is 25.0 Å². The van der Waals surface area contributed by atoms with Crippen molar-refractivity contribution >= 4 is 18.3 Å². The van der Waals surface area contributed by atoms with Crippen LogP contribution in [0.4, 0.5) is 0 Å². The van der Waals surface area contributed by atoms with Crippen LogP contribution in [-0.2, 0) is 4.79 Å². The van der Waals surface area contributed by atoms with E-state index in [0.29, 0.717) is 18.0 Å². The summed E-state index contributed by atoms with van der Waals surface area (Å²) >= 11 is 0. The Morgan fingerprint density at radius 2 is 1.94 bits per heavy atom. The van der Waals surface area contributed by atoms with Crippen molar-refractivity contribution in [1.29, 1.82) is 0 Å². The van der Waals surface area contributed by atoms with E-state index >= 15 is 0 Å². The second-order valence-electron chi connectivity index (χ2n) is 5.03. The highest BCUT2D eigenvalue weighted by Crippen LogP contribution is 2.32. The summed E-state index contributed by atoms with van der Waals surface area (Å²) in [5.41, 5.74) is 0. The third-order valence-electron chi connectivity index (χ3n) is 3.62. The Labute approximate surface area is 104 Å². The van der Waals surface area contributed by atoms with E-state index in [4.69, 9.17) is 0 Å². The Balaban J connectivity index is 0.00000128. The third kappa shape index (κ3) is 3.63. The second-order valence-corrected chi connectivity index (χ2v) is 5.03. The van der Waals surface area contributed by atoms with Crippen LogP contribution in [0.15, 0.2) is 0 Å². The van der Waals surface area contributed by atoms with Crippen LogP contribution in [0.25, 0.3) is 0 Å². The van der Waals surface area contributed by atoms with Gasteiger partial charge in [-0.1, -0.05) is 6.92 Å². The number of carbonyl (C=O) groups excluding carboxylic acids is 1. The minimum absolute atomic E-state index is 0. The Kier molecular flexibility index (Phi) is 5.56. The molecule has 2 rings (SSSR count). The summed E-state index contributed by atoms with van der Waals surface area (Å²) in [6.45, 7) is 2.92. The predicted octanol–water partition coefficient (Wildman–Crippen LogP) is 1.86. The molecule has 3 nitrogen and oxygen atoms in total. The zero-order valence-corrected chi connectivity index (χ0v) is 10.8. The summed E-state index contributed by atoms with van der Waals surface area (Å²) in [4.78, 5) is 11.6. The molecule has 2 aliphatic heterocycles. The van der Waals surface area contributed by atoms with Crippen molar-refractivity contribution in [3.05, 3.63) is 0 Å². The van der Waals surface area contributed by atoms with Gasteiger partial charge in [-0.25, -0.2) is 0 Å². The highest BCUT2D eigenvalue weighted by Gasteiger charge is 2.33. The Morgan fingerprint density at radius 3 is 2.50 bits per heavy atom. The minimum Gasteiger partial charge on any atom is -0.356 e. The Hall–Kier alpha value is -0.280. The zero-order valence-electron chi connectivity index (χ0n) is 10.00. The van der Waals surface area contributed by atoms with Gasteiger partial charge in [-0.3, -0.25) is 4.79 Å². The van der Waals surface area contributed by atoms with Crippen LogP contribution >= 0.6 is 12.4 Å². The maximum atomic E-state index is 11.6. The third-order valence-corrected chi connectivity index (χ3v) is 3.62. The molecule has 0 aromatic rings.